The lowest BCUT2D eigenvalue weighted by Crippen LogP contribution is -1.99. The van der Waals surface area contributed by atoms with Crippen LogP contribution in [0, 0.1) is 0 Å². The maximum absolute atomic E-state index is 10.3. The fourth-order valence-electron chi connectivity index (χ4n) is 1.70. The molecule has 0 aliphatic carbocycles. The van der Waals surface area contributed by atoms with Crippen LogP contribution in [0.1, 0.15) is 20.7 Å². The Bertz CT molecular complexity index is 773. The first-order valence-electron chi connectivity index (χ1n) is 7.84. The summed E-state index contributed by atoms with van der Waals surface area (Å²) in [6.07, 6.45) is 0. The molecule has 0 bridgehead atoms. The van der Waals surface area contributed by atoms with Crippen molar-refractivity contribution in [2.75, 3.05) is 11.5 Å². The normalized spacial score (nSPS) is 9.14. The van der Waals surface area contributed by atoms with Gasteiger partial charge in [-0.05, 0) is 72.8 Å². The van der Waals surface area contributed by atoms with Crippen molar-refractivity contribution < 1.29 is 30.0 Å². The summed E-state index contributed by atoms with van der Waals surface area (Å²) in [5.41, 5.74) is 12.1. The third-order valence-corrected chi connectivity index (χ3v) is 3.16. The van der Waals surface area contributed by atoms with Gasteiger partial charge in [0, 0.05) is 11.4 Å². The highest BCUT2D eigenvalue weighted by atomic mass is 16.4. The Balaban J connectivity index is 0.000000217. The van der Waals surface area contributed by atoms with E-state index in [1.807, 2.05) is 0 Å². The predicted octanol–water partition coefficient (Wildman–Crippen LogP) is 3.03. The van der Waals surface area contributed by atoms with Gasteiger partial charge in [0.05, 0.1) is 11.1 Å². The van der Waals surface area contributed by atoms with Gasteiger partial charge in [-0.25, -0.2) is 9.59 Å². The van der Waals surface area contributed by atoms with Crippen LogP contribution in [0.15, 0.2) is 72.8 Å². The van der Waals surface area contributed by atoms with Crippen molar-refractivity contribution >= 4 is 23.3 Å². The second kappa shape index (κ2) is 10.7. The molecular weight excluding hydrogens is 364 g/mol. The molecule has 0 radical (unpaired) electrons. The summed E-state index contributed by atoms with van der Waals surface area (Å²) in [4.78, 5) is 20.7. The topological polar surface area (TPSA) is 167 Å². The second-order valence-electron chi connectivity index (χ2n) is 5.37. The monoisotopic (exact) mass is 384 g/mol. The first kappa shape index (κ1) is 21.8. The van der Waals surface area contributed by atoms with Crippen LogP contribution >= 0.6 is 0 Å². The minimum Gasteiger partial charge on any atom is -0.508 e. The van der Waals surface area contributed by atoms with Crippen LogP contribution in [0.3, 0.4) is 0 Å². The predicted molar refractivity (Wildman–Crippen MR) is 105 cm³/mol. The van der Waals surface area contributed by atoms with Gasteiger partial charge < -0.3 is 31.9 Å². The molecule has 3 aromatic rings. The molecule has 28 heavy (non-hydrogen) atoms. The number of anilines is 2. The Labute approximate surface area is 160 Å². The summed E-state index contributed by atoms with van der Waals surface area (Å²) in [6.45, 7) is 0. The molecule has 0 saturated carbocycles. The van der Waals surface area contributed by atoms with Crippen molar-refractivity contribution in [3.63, 3.8) is 0 Å². The molecule has 0 saturated heterocycles. The molecule has 0 atom stereocenters. The van der Waals surface area contributed by atoms with E-state index in [1.165, 1.54) is 24.3 Å². The lowest BCUT2D eigenvalue weighted by Gasteiger charge is -1.94. The summed E-state index contributed by atoms with van der Waals surface area (Å²) in [5.74, 6) is -1.63. The van der Waals surface area contributed by atoms with Gasteiger partial charge in [-0.15, -0.1) is 0 Å². The van der Waals surface area contributed by atoms with E-state index in [4.69, 9.17) is 31.9 Å². The van der Waals surface area contributed by atoms with Crippen molar-refractivity contribution in [2.45, 2.75) is 0 Å². The Morgan fingerprint density at radius 2 is 0.786 bits per heavy atom. The van der Waals surface area contributed by atoms with Crippen LogP contribution < -0.4 is 11.5 Å². The quantitative estimate of drug-likeness (QED) is 0.289. The van der Waals surface area contributed by atoms with Gasteiger partial charge >= 0.3 is 11.9 Å². The molecule has 0 heterocycles. The largest absolute Gasteiger partial charge is 0.508 e. The lowest BCUT2D eigenvalue weighted by molar-refractivity contribution is 0.0681. The van der Waals surface area contributed by atoms with Gasteiger partial charge in [-0.1, -0.05) is 0 Å². The number of phenolic OH excluding ortho intramolecular Hbond substituents is 2. The minimum atomic E-state index is -1.06. The molecule has 8 heteroatoms. The molecule has 146 valence electrons. The number of rotatable bonds is 2. The van der Waals surface area contributed by atoms with Gasteiger partial charge in [0.15, 0.2) is 0 Å². The third kappa shape index (κ3) is 8.26. The zero-order valence-electron chi connectivity index (χ0n) is 14.7. The summed E-state index contributed by atoms with van der Waals surface area (Å²) in [7, 11) is 0. The van der Waals surface area contributed by atoms with E-state index in [-0.39, 0.29) is 22.6 Å². The van der Waals surface area contributed by atoms with E-state index in [0.717, 1.165) is 0 Å². The fraction of sp³-hybridized carbons (Fsp3) is 0. The Morgan fingerprint density at radius 3 is 0.964 bits per heavy atom. The number of hydrogen-bond donors (Lipinski definition) is 6. The van der Waals surface area contributed by atoms with Crippen LogP contribution in [0.2, 0.25) is 0 Å². The highest BCUT2D eigenvalue weighted by Gasteiger charge is 2.04. The Kier molecular flexibility index (Phi) is 8.36. The molecule has 0 unspecified atom stereocenters. The standard InChI is InChI=1S/C8H6O4.2C6H7NO/c9-7(10)5-1-2-6(4-3-5)8(11)12;2*7-5-1-3-6(8)4-2-5/h1-4H,(H,9,10)(H,11,12);2*1-4,8H,7H2. The molecule has 3 aromatic carbocycles. The smallest absolute Gasteiger partial charge is 0.335 e. The lowest BCUT2D eigenvalue weighted by atomic mass is 10.1. The zero-order valence-corrected chi connectivity index (χ0v) is 14.7. The van der Waals surface area contributed by atoms with Crippen LogP contribution in [0.5, 0.6) is 11.5 Å². The van der Waals surface area contributed by atoms with E-state index in [2.05, 4.69) is 0 Å². The van der Waals surface area contributed by atoms with Crippen molar-refractivity contribution in [1.82, 2.24) is 0 Å². The molecule has 8 nitrogen and oxygen atoms in total. The Morgan fingerprint density at radius 1 is 0.536 bits per heavy atom. The molecule has 0 fully saturated rings. The number of carbonyl (C=O) groups is 2. The number of aromatic hydroxyl groups is 2. The third-order valence-electron chi connectivity index (χ3n) is 3.16. The molecule has 8 N–H and O–H groups in total. The number of benzene rings is 3. The Hall–Kier alpha value is -4.20. The number of nitrogens with two attached hydrogens (primary N) is 2. The minimum absolute atomic E-state index is 0.0833. The maximum atomic E-state index is 10.3. The molecule has 0 spiro atoms. The van der Waals surface area contributed by atoms with Crippen molar-refractivity contribution in [3.8, 4) is 11.5 Å². The van der Waals surface area contributed by atoms with E-state index < -0.39 is 11.9 Å². The number of carboxylic acids is 2. The number of aromatic carboxylic acids is 2. The fourth-order valence-corrected chi connectivity index (χ4v) is 1.70. The van der Waals surface area contributed by atoms with Gasteiger partial charge in [-0.2, -0.15) is 0 Å². The van der Waals surface area contributed by atoms with E-state index in [0.29, 0.717) is 11.4 Å². The summed E-state index contributed by atoms with van der Waals surface area (Å²) < 4.78 is 0. The van der Waals surface area contributed by atoms with E-state index >= 15 is 0 Å². The molecular formula is C20H20N2O6. The summed E-state index contributed by atoms with van der Waals surface area (Å²) >= 11 is 0. The molecule has 3 rings (SSSR count). The number of phenols is 2. The van der Waals surface area contributed by atoms with Crippen LogP contribution in [-0.4, -0.2) is 32.4 Å². The zero-order chi connectivity index (χ0) is 21.1. The van der Waals surface area contributed by atoms with Crippen LogP contribution in [0.4, 0.5) is 11.4 Å². The molecule has 0 aliphatic heterocycles. The van der Waals surface area contributed by atoms with Gasteiger partial charge in [0.25, 0.3) is 0 Å². The SMILES string of the molecule is Nc1ccc(O)cc1.Nc1ccc(O)cc1.O=C(O)c1ccc(C(=O)O)cc1. The van der Waals surface area contributed by atoms with Gasteiger partial charge in [-0.3, -0.25) is 0 Å². The highest BCUT2D eigenvalue weighted by molar-refractivity contribution is 5.91. The molecule has 0 amide bonds. The van der Waals surface area contributed by atoms with Crippen LogP contribution in [0.25, 0.3) is 0 Å². The first-order valence-corrected chi connectivity index (χ1v) is 7.84. The van der Waals surface area contributed by atoms with E-state index in [1.54, 1.807) is 48.5 Å². The van der Waals surface area contributed by atoms with Crippen molar-refractivity contribution in [3.05, 3.63) is 83.9 Å². The van der Waals surface area contributed by atoms with Crippen molar-refractivity contribution in [1.29, 1.82) is 0 Å². The molecule has 0 aromatic heterocycles. The van der Waals surface area contributed by atoms with E-state index in [9.17, 15) is 9.59 Å². The summed E-state index contributed by atoms with van der Waals surface area (Å²) in [5, 5.41) is 34.3. The first-order chi connectivity index (χ1) is 13.2. The summed E-state index contributed by atoms with van der Waals surface area (Å²) in [6, 6.07) is 17.8. The maximum Gasteiger partial charge on any atom is 0.335 e. The number of nitrogen functional groups attached to an aromatic ring is 2. The number of carboxylic acid groups (broad SMARTS) is 2. The average molecular weight is 384 g/mol. The second-order valence-corrected chi connectivity index (χ2v) is 5.37. The highest BCUT2D eigenvalue weighted by Crippen LogP contribution is 2.10. The van der Waals surface area contributed by atoms with Crippen molar-refractivity contribution in [2.24, 2.45) is 0 Å². The van der Waals surface area contributed by atoms with Crippen LogP contribution in [-0.2, 0) is 0 Å². The molecule has 0 aliphatic rings. The number of hydrogen-bond acceptors (Lipinski definition) is 6. The van der Waals surface area contributed by atoms with Gasteiger partial charge in [0.2, 0.25) is 0 Å². The average Bonchev–Trinajstić information content (AvgIpc) is 2.67. The van der Waals surface area contributed by atoms with Gasteiger partial charge in [0.1, 0.15) is 11.5 Å².